The molecular formula is C17H20N2O. The van der Waals surface area contributed by atoms with Gasteiger partial charge in [0.15, 0.2) is 0 Å². The third-order valence-corrected chi connectivity index (χ3v) is 3.70. The number of pyridine rings is 1. The highest BCUT2D eigenvalue weighted by atomic mass is 16.5. The number of aryl methyl sites for hydroxylation is 1. The number of rotatable bonds is 5. The van der Waals surface area contributed by atoms with E-state index in [1.807, 2.05) is 31.6 Å². The van der Waals surface area contributed by atoms with Crippen LogP contribution in [0.25, 0.3) is 0 Å². The van der Waals surface area contributed by atoms with Crippen molar-refractivity contribution in [1.82, 2.24) is 10.3 Å². The predicted octanol–water partition coefficient (Wildman–Crippen LogP) is 3.24. The Kier molecular flexibility index (Phi) is 3.70. The highest BCUT2D eigenvalue weighted by molar-refractivity contribution is 5.38. The van der Waals surface area contributed by atoms with Crippen molar-refractivity contribution in [2.45, 2.75) is 31.9 Å². The van der Waals surface area contributed by atoms with Gasteiger partial charge in [0.05, 0.1) is 12.1 Å². The van der Waals surface area contributed by atoms with Crippen molar-refractivity contribution in [3.63, 3.8) is 0 Å². The van der Waals surface area contributed by atoms with Crippen molar-refractivity contribution >= 4 is 0 Å². The normalized spacial score (nSPS) is 15.9. The van der Waals surface area contributed by atoms with E-state index in [1.165, 1.54) is 29.5 Å². The third kappa shape index (κ3) is 2.83. The summed E-state index contributed by atoms with van der Waals surface area (Å²) in [6.07, 6.45) is 6.56. The molecule has 3 rings (SSSR count). The number of aromatic nitrogens is 1. The van der Waals surface area contributed by atoms with Crippen LogP contribution in [0, 0.1) is 6.92 Å². The van der Waals surface area contributed by atoms with Crippen molar-refractivity contribution in [3.05, 3.63) is 59.4 Å². The van der Waals surface area contributed by atoms with Crippen molar-refractivity contribution in [2.75, 3.05) is 7.05 Å². The highest BCUT2D eigenvalue weighted by Crippen LogP contribution is 2.30. The second kappa shape index (κ2) is 5.63. The SMILES string of the molecule is CNC(c1cccc(OC2CC2)c1)c1cnccc1C. The van der Waals surface area contributed by atoms with Gasteiger partial charge in [-0.25, -0.2) is 0 Å². The van der Waals surface area contributed by atoms with Crippen LogP contribution in [0.1, 0.15) is 35.6 Å². The molecular weight excluding hydrogens is 248 g/mol. The molecule has 20 heavy (non-hydrogen) atoms. The number of ether oxygens (including phenoxy) is 1. The van der Waals surface area contributed by atoms with Gasteiger partial charge >= 0.3 is 0 Å². The maximum absolute atomic E-state index is 5.88. The van der Waals surface area contributed by atoms with Crippen LogP contribution in [-0.4, -0.2) is 18.1 Å². The molecule has 1 aromatic heterocycles. The first-order chi connectivity index (χ1) is 9.78. The standard InChI is InChI=1S/C17H20N2O/c1-12-8-9-19-11-16(12)17(18-2)13-4-3-5-15(10-13)20-14-6-7-14/h3-5,8-11,14,17-18H,6-7H2,1-2H3. The zero-order valence-electron chi connectivity index (χ0n) is 12.0. The molecule has 3 nitrogen and oxygen atoms in total. The van der Waals surface area contributed by atoms with Gasteiger partial charge in [-0.2, -0.15) is 0 Å². The van der Waals surface area contributed by atoms with E-state index in [-0.39, 0.29) is 6.04 Å². The molecule has 1 atom stereocenters. The van der Waals surface area contributed by atoms with Gasteiger partial charge in [-0.1, -0.05) is 12.1 Å². The first-order valence-corrected chi connectivity index (χ1v) is 7.12. The maximum atomic E-state index is 5.88. The van der Waals surface area contributed by atoms with E-state index in [2.05, 4.69) is 35.4 Å². The Bertz CT molecular complexity index is 593. The summed E-state index contributed by atoms with van der Waals surface area (Å²) in [5.74, 6) is 0.965. The van der Waals surface area contributed by atoms with E-state index >= 15 is 0 Å². The second-order valence-electron chi connectivity index (χ2n) is 5.34. The molecule has 1 aliphatic rings. The Morgan fingerprint density at radius 1 is 1.30 bits per heavy atom. The van der Waals surface area contributed by atoms with Crippen LogP contribution in [0.3, 0.4) is 0 Å². The lowest BCUT2D eigenvalue weighted by atomic mass is 9.97. The van der Waals surface area contributed by atoms with Gasteiger partial charge in [-0.05, 0) is 61.7 Å². The molecule has 1 aromatic carbocycles. The Balaban J connectivity index is 1.90. The Morgan fingerprint density at radius 2 is 2.15 bits per heavy atom. The molecule has 0 spiro atoms. The molecule has 1 heterocycles. The van der Waals surface area contributed by atoms with E-state index in [1.54, 1.807) is 0 Å². The minimum Gasteiger partial charge on any atom is -0.490 e. The number of nitrogens with zero attached hydrogens (tertiary/aromatic N) is 1. The van der Waals surface area contributed by atoms with Crippen LogP contribution in [0.4, 0.5) is 0 Å². The van der Waals surface area contributed by atoms with E-state index in [0.29, 0.717) is 6.10 Å². The highest BCUT2D eigenvalue weighted by Gasteiger charge is 2.24. The first kappa shape index (κ1) is 13.1. The smallest absolute Gasteiger partial charge is 0.120 e. The lowest BCUT2D eigenvalue weighted by Crippen LogP contribution is -2.19. The molecule has 3 heteroatoms. The van der Waals surface area contributed by atoms with Gasteiger partial charge in [-0.15, -0.1) is 0 Å². The predicted molar refractivity (Wildman–Crippen MR) is 80.0 cm³/mol. The quantitative estimate of drug-likeness (QED) is 0.904. The van der Waals surface area contributed by atoms with Gasteiger partial charge in [0, 0.05) is 12.4 Å². The molecule has 0 saturated heterocycles. The van der Waals surface area contributed by atoms with Crippen LogP contribution in [0.5, 0.6) is 5.75 Å². The van der Waals surface area contributed by atoms with Crippen molar-refractivity contribution < 1.29 is 4.74 Å². The average Bonchev–Trinajstić information content (AvgIpc) is 3.26. The maximum Gasteiger partial charge on any atom is 0.120 e. The summed E-state index contributed by atoms with van der Waals surface area (Å²) in [6.45, 7) is 2.12. The molecule has 1 fully saturated rings. The fourth-order valence-corrected chi connectivity index (χ4v) is 2.43. The summed E-state index contributed by atoms with van der Waals surface area (Å²) in [6, 6.07) is 10.5. The summed E-state index contributed by atoms with van der Waals surface area (Å²) in [5.41, 5.74) is 3.66. The van der Waals surface area contributed by atoms with Gasteiger partial charge in [0.1, 0.15) is 5.75 Å². The van der Waals surface area contributed by atoms with Gasteiger partial charge in [0.2, 0.25) is 0 Å². The molecule has 1 saturated carbocycles. The fraction of sp³-hybridized carbons (Fsp3) is 0.353. The largest absolute Gasteiger partial charge is 0.490 e. The molecule has 1 unspecified atom stereocenters. The fourth-order valence-electron chi connectivity index (χ4n) is 2.43. The first-order valence-electron chi connectivity index (χ1n) is 7.12. The van der Waals surface area contributed by atoms with Crippen LogP contribution >= 0.6 is 0 Å². The second-order valence-corrected chi connectivity index (χ2v) is 5.34. The molecule has 2 aromatic rings. The number of hydrogen-bond acceptors (Lipinski definition) is 3. The number of hydrogen-bond donors (Lipinski definition) is 1. The molecule has 1 N–H and O–H groups in total. The minimum atomic E-state index is 0.145. The molecule has 0 amide bonds. The van der Waals surface area contributed by atoms with Crippen molar-refractivity contribution in [3.8, 4) is 5.75 Å². The molecule has 1 aliphatic carbocycles. The number of nitrogens with one attached hydrogen (secondary N) is 1. The summed E-state index contributed by atoms with van der Waals surface area (Å²) in [4.78, 5) is 4.25. The summed E-state index contributed by atoms with van der Waals surface area (Å²) >= 11 is 0. The van der Waals surface area contributed by atoms with Gasteiger partial charge in [-0.3, -0.25) is 4.98 Å². The summed E-state index contributed by atoms with van der Waals surface area (Å²) < 4.78 is 5.88. The Hall–Kier alpha value is -1.87. The molecule has 0 bridgehead atoms. The molecule has 0 aliphatic heterocycles. The minimum absolute atomic E-state index is 0.145. The molecule has 104 valence electrons. The summed E-state index contributed by atoms with van der Waals surface area (Å²) in [7, 11) is 1.98. The van der Waals surface area contributed by atoms with E-state index in [9.17, 15) is 0 Å². The van der Waals surface area contributed by atoms with Crippen LogP contribution < -0.4 is 10.1 Å². The monoisotopic (exact) mass is 268 g/mol. The Labute approximate surface area is 120 Å². The van der Waals surface area contributed by atoms with E-state index in [4.69, 9.17) is 4.74 Å². The topological polar surface area (TPSA) is 34.1 Å². The zero-order valence-corrected chi connectivity index (χ0v) is 12.0. The lowest BCUT2D eigenvalue weighted by Gasteiger charge is -2.19. The molecule has 0 radical (unpaired) electrons. The van der Waals surface area contributed by atoms with Crippen molar-refractivity contribution in [1.29, 1.82) is 0 Å². The average molecular weight is 268 g/mol. The van der Waals surface area contributed by atoms with E-state index < -0.39 is 0 Å². The van der Waals surface area contributed by atoms with Gasteiger partial charge in [0.25, 0.3) is 0 Å². The van der Waals surface area contributed by atoms with Crippen LogP contribution in [0.15, 0.2) is 42.7 Å². The third-order valence-electron chi connectivity index (χ3n) is 3.70. The van der Waals surface area contributed by atoms with Crippen molar-refractivity contribution in [2.24, 2.45) is 0 Å². The number of benzene rings is 1. The van der Waals surface area contributed by atoms with Crippen LogP contribution in [-0.2, 0) is 0 Å². The lowest BCUT2D eigenvalue weighted by molar-refractivity contribution is 0.302. The zero-order chi connectivity index (χ0) is 13.9. The van der Waals surface area contributed by atoms with Crippen LogP contribution in [0.2, 0.25) is 0 Å². The van der Waals surface area contributed by atoms with E-state index in [0.717, 1.165) is 5.75 Å². The Morgan fingerprint density at radius 3 is 2.85 bits per heavy atom. The summed E-state index contributed by atoms with van der Waals surface area (Å²) in [5, 5.41) is 3.38. The van der Waals surface area contributed by atoms with Gasteiger partial charge < -0.3 is 10.1 Å².